The molecular formula is C24H34N4O3. The number of hydrogen-bond acceptors (Lipinski definition) is 4. The van der Waals surface area contributed by atoms with Crippen LogP contribution in [-0.4, -0.2) is 65.3 Å². The van der Waals surface area contributed by atoms with Crippen molar-refractivity contribution in [3.05, 3.63) is 35.4 Å². The van der Waals surface area contributed by atoms with Crippen LogP contribution < -0.4 is 10.6 Å². The van der Waals surface area contributed by atoms with Gasteiger partial charge in [-0.2, -0.15) is 0 Å². The summed E-state index contributed by atoms with van der Waals surface area (Å²) in [7, 11) is 0. The molecule has 2 N–H and O–H groups in total. The molecule has 0 bridgehead atoms. The lowest BCUT2D eigenvalue weighted by molar-refractivity contribution is -0.129. The van der Waals surface area contributed by atoms with Gasteiger partial charge in [0.2, 0.25) is 11.8 Å². The molecule has 2 heterocycles. The molecule has 0 radical (unpaired) electrons. The molecule has 1 aromatic rings. The van der Waals surface area contributed by atoms with Gasteiger partial charge in [0.15, 0.2) is 0 Å². The number of hydrogen-bond donors (Lipinski definition) is 2. The van der Waals surface area contributed by atoms with Crippen LogP contribution in [0.1, 0.15) is 68.4 Å². The van der Waals surface area contributed by atoms with Gasteiger partial charge < -0.3 is 15.5 Å². The third-order valence-corrected chi connectivity index (χ3v) is 6.84. The van der Waals surface area contributed by atoms with E-state index in [9.17, 15) is 14.4 Å². The Kier molecular flexibility index (Phi) is 6.06. The summed E-state index contributed by atoms with van der Waals surface area (Å²) >= 11 is 0. The van der Waals surface area contributed by atoms with E-state index in [0.717, 1.165) is 31.5 Å². The smallest absolute Gasteiger partial charge is 0.255 e. The van der Waals surface area contributed by atoms with Gasteiger partial charge in [-0.05, 0) is 63.6 Å². The predicted octanol–water partition coefficient (Wildman–Crippen LogP) is 2.09. The minimum atomic E-state index is -0.643. The van der Waals surface area contributed by atoms with Crippen molar-refractivity contribution in [1.29, 1.82) is 0 Å². The van der Waals surface area contributed by atoms with Crippen LogP contribution in [0.25, 0.3) is 0 Å². The van der Waals surface area contributed by atoms with E-state index in [2.05, 4.69) is 36.3 Å². The lowest BCUT2D eigenvalue weighted by Gasteiger charge is -2.43. The van der Waals surface area contributed by atoms with E-state index >= 15 is 0 Å². The van der Waals surface area contributed by atoms with Gasteiger partial charge >= 0.3 is 0 Å². The van der Waals surface area contributed by atoms with Crippen molar-refractivity contribution in [1.82, 2.24) is 20.4 Å². The number of carbonyl (C=O) groups excluding carboxylic acids is 3. The van der Waals surface area contributed by atoms with Crippen LogP contribution in [0.4, 0.5) is 0 Å². The molecule has 2 fully saturated rings. The van der Waals surface area contributed by atoms with Gasteiger partial charge in [-0.15, -0.1) is 0 Å². The summed E-state index contributed by atoms with van der Waals surface area (Å²) in [4.78, 5) is 42.4. The third kappa shape index (κ3) is 4.61. The highest BCUT2D eigenvalue weighted by Gasteiger charge is 2.47. The first-order valence-corrected chi connectivity index (χ1v) is 11.5. The Morgan fingerprint density at radius 2 is 1.87 bits per heavy atom. The van der Waals surface area contributed by atoms with Gasteiger partial charge in [0, 0.05) is 30.2 Å². The van der Waals surface area contributed by atoms with E-state index in [1.54, 1.807) is 11.0 Å². The first kappa shape index (κ1) is 21.8. The molecule has 1 saturated heterocycles. The molecule has 2 atom stereocenters. The summed E-state index contributed by atoms with van der Waals surface area (Å²) in [6.07, 6.45) is 4.30. The summed E-state index contributed by atoms with van der Waals surface area (Å²) in [5, 5.41) is 5.74. The van der Waals surface area contributed by atoms with Crippen LogP contribution in [0.15, 0.2) is 24.3 Å². The number of carbonyl (C=O) groups is 3. The van der Waals surface area contributed by atoms with E-state index in [1.165, 1.54) is 12.8 Å². The highest BCUT2D eigenvalue weighted by Crippen LogP contribution is 2.41. The lowest BCUT2D eigenvalue weighted by Crippen LogP contribution is -2.55. The molecule has 31 heavy (non-hydrogen) atoms. The van der Waals surface area contributed by atoms with Gasteiger partial charge in [-0.1, -0.05) is 25.1 Å². The van der Waals surface area contributed by atoms with Crippen LogP contribution in [0.5, 0.6) is 0 Å². The summed E-state index contributed by atoms with van der Waals surface area (Å²) in [6, 6.07) is 6.75. The van der Waals surface area contributed by atoms with Crippen molar-refractivity contribution < 1.29 is 14.4 Å². The van der Waals surface area contributed by atoms with Crippen molar-refractivity contribution in [3.63, 3.8) is 0 Å². The largest absolute Gasteiger partial charge is 0.353 e. The normalized spacial score (nSPS) is 24.1. The standard InChI is InChI=1S/C24H34N4O3/c1-16-7-6-12-27(14-16)24(2,3)15-26-20(29)13-25-22(30)21-18-8-4-5-9-19(18)23(31)28(21)17-10-11-17/h4-5,8-9,16-17,21H,6-7,10-15H2,1-3H3,(H,25,30)(H,26,29). The number of nitrogens with zero attached hydrogens (tertiary/aromatic N) is 2. The molecule has 1 saturated carbocycles. The predicted molar refractivity (Wildman–Crippen MR) is 118 cm³/mol. The van der Waals surface area contributed by atoms with Crippen LogP contribution in [0, 0.1) is 5.92 Å². The van der Waals surface area contributed by atoms with Crippen molar-refractivity contribution >= 4 is 17.7 Å². The molecule has 7 nitrogen and oxygen atoms in total. The van der Waals surface area contributed by atoms with Crippen LogP contribution in [0.2, 0.25) is 0 Å². The van der Waals surface area contributed by atoms with Crippen LogP contribution in [-0.2, 0) is 9.59 Å². The lowest BCUT2D eigenvalue weighted by atomic mass is 9.93. The van der Waals surface area contributed by atoms with E-state index in [1.807, 2.05) is 18.2 Å². The molecule has 0 aromatic heterocycles. The fraction of sp³-hybridized carbons (Fsp3) is 0.625. The summed E-state index contributed by atoms with van der Waals surface area (Å²) in [6.45, 7) is 9.12. The Labute approximate surface area is 184 Å². The third-order valence-electron chi connectivity index (χ3n) is 6.84. The van der Waals surface area contributed by atoms with Gasteiger partial charge in [-0.25, -0.2) is 0 Å². The molecule has 0 spiro atoms. The zero-order valence-corrected chi connectivity index (χ0v) is 18.8. The van der Waals surface area contributed by atoms with Gasteiger partial charge in [0.25, 0.3) is 5.91 Å². The minimum Gasteiger partial charge on any atom is -0.353 e. The van der Waals surface area contributed by atoms with Crippen molar-refractivity contribution in [2.75, 3.05) is 26.2 Å². The van der Waals surface area contributed by atoms with Gasteiger partial charge in [0.05, 0.1) is 6.54 Å². The number of nitrogens with one attached hydrogen (secondary N) is 2. The summed E-state index contributed by atoms with van der Waals surface area (Å²) in [5.74, 6) is 0.0983. The second-order valence-corrected chi connectivity index (χ2v) is 9.93. The average Bonchev–Trinajstić information content (AvgIpc) is 3.54. The van der Waals surface area contributed by atoms with Gasteiger partial charge in [0.1, 0.15) is 6.04 Å². The number of likely N-dealkylation sites (tertiary alicyclic amines) is 1. The van der Waals surface area contributed by atoms with Crippen molar-refractivity contribution in [2.24, 2.45) is 5.92 Å². The molecule has 1 aromatic carbocycles. The quantitative estimate of drug-likeness (QED) is 0.700. The number of piperidine rings is 1. The zero-order valence-electron chi connectivity index (χ0n) is 18.8. The SMILES string of the molecule is CC1CCCN(C(C)(C)CNC(=O)CNC(=O)C2c3ccccc3C(=O)N2C2CC2)C1. The zero-order chi connectivity index (χ0) is 22.2. The molecule has 3 amide bonds. The Balaban J connectivity index is 1.32. The minimum absolute atomic E-state index is 0.0831. The maximum atomic E-state index is 13.0. The molecule has 1 aliphatic carbocycles. The second kappa shape index (κ2) is 8.61. The molecule has 168 valence electrons. The molecule has 3 aliphatic rings. The fourth-order valence-electron chi connectivity index (χ4n) is 4.83. The second-order valence-electron chi connectivity index (χ2n) is 9.93. The van der Waals surface area contributed by atoms with Gasteiger partial charge in [-0.3, -0.25) is 19.3 Å². The number of fused-ring (bicyclic) bond motifs is 1. The Bertz CT molecular complexity index is 864. The van der Waals surface area contributed by atoms with E-state index in [4.69, 9.17) is 0 Å². The maximum Gasteiger partial charge on any atom is 0.255 e. The van der Waals surface area contributed by atoms with Crippen LogP contribution in [0.3, 0.4) is 0 Å². The highest BCUT2D eigenvalue weighted by atomic mass is 16.2. The van der Waals surface area contributed by atoms with Crippen molar-refractivity contribution in [3.8, 4) is 0 Å². The van der Waals surface area contributed by atoms with Crippen molar-refractivity contribution in [2.45, 2.75) is 64.1 Å². The molecule has 4 rings (SSSR count). The fourth-order valence-corrected chi connectivity index (χ4v) is 4.83. The Hall–Kier alpha value is -2.41. The summed E-state index contributed by atoms with van der Waals surface area (Å²) in [5.41, 5.74) is 1.20. The number of amides is 3. The molecule has 2 unspecified atom stereocenters. The average molecular weight is 427 g/mol. The Morgan fingerprint density at radius 1 is 1.13 bits per heavy atom. The molecule has 2 aliphatic heterocycles. The monoisotopic (exact) mass is 426 g/mol. The first-order chi connectivity index (χ1) is 14.8. The maximum absolute atomic E-state index is 13.0. The van der Waals surface area contributed by atoms with E-state index < -0.39 is 6.04 Å². The van der Waals surface area contributed by atoms with E-state index in [-0.39, 0.29) is 35.8 Å². The van der Waals surface area contributed by atoms with E-state index in [0.29, 0.717) is 18.0 Å². The number of rotatable bonds is 7. The molecule has 7 heteroatoms. The highest BCUT2D eigenvalue weighted by molar-refractivity contribution is 6.05. The van der Waals surface area contributed by atoms with Crippen LogP contribution >= 0.6 is 0 Å². The number of benzene rings is 1. The Morgan fingerprint density at radius 3 is 2.58 bits per heavy atom. The topological polar surface area (TPSA) is 81.8 Å². The summed E-state index contributed by atoms with van der Waals surface area (Å²) < 4.78 is 0. The molecular weight excluding hydrogens is 392 g/mol. The first-order valence-electron chi connectivity index (χ1n) is 11.5.